The second-order valence-corrected chi connectivity index (χ2v) is 4.94. The molecule has 0 aliphatic rings. The van der Waals surface area contributed by atoms with Gasteiger partial charge in [0.15, 0.2) is 23.2 Å². The molecule has 9 heteroatoms. The van der Waals surface area contributed by atoms with Crippen LogP contribution in [0.1, 0.15) is 24.2 Å². The summed E-state index contributed by atoms with van der Waals surface area (Å²) >= 11 is 2.46. The topological polar surface area (TPSA) is 69.7 Å². The Morgan fingerprint density at radius 1 is 1.04 bits per heavy atom. The number of hydrogen-bond donors (Lipinski definition) is 0. The van der Waals surface area contributed by atoms with Crippen molar-refractivity contribution in [3.05, 3.63) is 33.6 Å². The highest BCUT2D eigenvalue weighted by molar-refractivity contribution is 9.10. The van der Waals surface area contributed by atoms with Gasteiger partial charge in [0.2, 0.25) is 5.92 Å². The molecule has 126 valence electrons. The average Bonchev–Trinajstić information content (AvgIpc) is 2.49. The van der Waals surface area contributed by atoms with Crippen molar-refractivity contribution in [3.63, 3.8) is 0 Å². The van der Waals surface area contributed by atoms with Crippen LogP contribution in [0, 0.1) is 23.4 Å². The van der Waals surface area contributed by atoms with E-state index in [1.54, 1.807) is 0 Å². The van der Waals surface area contributed by atoms with Crippen molar-refractivity contribution in [2.75, 3.05) is 13.2 Å². The van der Waals surface area contributed by atoms with Crippen LogP contribution in [0.2, 0.25) is 0 Å². The van der Waals surface area contributed by atoms with E-state index in [1.165, 1.54) is 13.8 Å². The summed E-state index contributed by atoms with van der Waals surface area (Å²) < 4.78 is 48.8. The molecule has 1 aromatic carbocycles. The van der Waals surface area contributed by atoms with Crippen molar-refractivity contribution in [3.8, 4) is 0 Å². The lowest BCUT2D eigenvalue weighted by Gasteiger charge is -2.14. The van der Waals surface area contributed by atoms with E-state index in [4.69, 9.17) is 0 Å². The lowest BCUT2D eigenvalue weighted by molar-refractivity contribution is -0.158. The van der Waals surface area contributed by atoms with Crippen LogP contribution in [0.15, 0.2) is 10.5 Å². The summed E-state index contributed by atoms with van der Waals surface area (Å²) in [5.41, 5.74) is -0.970. The van der Waals surface area contributed by atoms with Gasteiger partial charge in [-0.1, -0.05) is 0 Å². The summed E-state index contributed by atoms with van der Waals surface area (Å²) in [5.74, 6) is -10.5. The van der Waals surface area contributed by atoms with Crippen molar-refractivity contribution < 1.29 is 37.0 Å². The standard InChI is InChI=1S/C14H12BrF3O5/c1-3-22-13(20)8(14(21)23-4-2)12(19)6-5-7(16)11(18)9(15)10(6)17/h5,8H,3-4H2,1-2H3. The molecular formula is C14H12BrF3O5. The number of hydrogen-bond acceptors (Lipinski definition) is 5. The first kappa shape index (κ1) is 19.1. The van der Waals surface area contributed by atoms with E-state index in [1.807, 2.05) is 0 Å². The minimum absolute atomic E-state index is 0.147. The van der Waals surface area contributed by atoms with E-state index in [0.717, 1.165) is 0 Å². The number of Topliss-reactive ketones (excluding diaryl/α,β-unsaturated/α-hetero) is 1. The van der Waals surface area contributed by atoms with Gasteiger partial charge >= 0.3 is 11.9 Å². The van der Waals surface area contributed by atoms with Crippen molar-refractivity contribution in [2.45, 2.75) is 13.8 Å². The summed E-state index contributed by atoms with van der Waals surface area (Å²) in [6, 6.07) is 0.267. The maximum atomic E-state index is 14.0. The summed E-state index contributed by atoms with van der Waals surface area (Å²) in [6.45, 7) is 2.57. The number of carbonyl (C=O) groups is 3. The highest BCUT2D eigenvalue weighted by atomic mass is 79.9. The predicted molar refractivity (Wildman–Crippen MR) is 75.1 cm³/mol. The van der Waals surface area contributed by atoms with Gasteiger partial charge in [0.1, 0.15) is 0 Å². The maximum Gasteiger partial charge on any atom is 0.328 e. The third-order valence-corrected chi connectivity index (χ3v) is 3.37. The van der Waals surface area contributed by atoms with Gasteiger partial charge in [0.05, 0.1) is 23.2 Å². The SMILES string of the molecule is CCOC(=O)C(C(=O)OCC)C(=O)c1cc(F)c(F)c(Br)c1F. The van der Waals surface area contributed by atoms with Crippen molar-refractivity contribution in [1.29, 1.82) is 0 Å². The third-order valence-electron chi connectivity index (χ3n) is 2.67. The van der Waals surface area contributed by atoms with Crippen LogP contribution >= 0.6 is 15.9 Å². The second kappa shape index (κ2) is 8.09. The first-order valence-corrected chi connectivity index (χ1v) is 7.25. The highest BCUT2D eigenvalue weighted by Crippen LogP contribution is 2.27. The number of esters is 2. The fraction of sp³-hybridized carbons (Fsp3) is 0.357. The van der Waals surface area contributed by atoms with E-state index in [0.29, 0.717) is 0 Å². The molecule has 0 aromatic heterocycles. The second-order valence-electron chi connectivity index (χ2n) is 4.15. The van der Waals surface area contributed by atoms with Gasteiger partial charge in [-0.3, -0.25) is 14.4 Å². The van der Waals surface area contributed by atoms with Gasteiger partial charge in [-0.25, -0.2) is 13.2 Å². The molecule has 1 aromatic rings. The lowest BCUT2D eigenvalue weighted by Crippen LogP contribution is -2.35. The molecule has 0 heterocycles. The van der Waals surface area contributed by atoms with E-state index in [2.05, 4.69) is 25.4 Å². The highest BCUT2D eigenvalue weighted by Gasteiger charge is 2.39. The normalized spacial score (nSPS) is 10.6. The molecule has 0 atom stereocenters. The Morgan fingerprint density at radius 3 is 1.96 bits per heavy atom. The Hall–Kier alpha value is -1.90. The molecule has 23 heavy (non-hydrogen) atoms. The zero-order chi connectivity index (χ0) is 17.7. The van der Waals surface area contributed by atoms with Crippen molar-refractivity contribution in [2.24, 2.45) is 5.92 Å². The minimum atomic E-state index is -2.12. The van der Waals surface area contributed by atoms with E-state index >= 15 is 0 Å². The largest absolute Gasteiger partial charge is 0.465 e. The Balaban J connectivity index is 3.35. The molecule has 0 amide bonds. The third kappa shape index (κ3) is 4.10. The van der Waals surface area contributed by atoms with Gasteiger partial charge in [-0.05, 0) is 35.8 Å². The van der Waals surface area contributed by atoms with Gasteiger partial charge in [0, 0.05) is 0 Å². The summed E-state index contributed by atoms with van der Waals surface area (Å²) in [7, 11) is 0. The van der Waals surface area contributed by atoms with Gasteiger partial charge in [0.25, 0.3) is 0 Å². The van der Waals surface area contributed by atoms with Gasteiger partial charge < -0.3 is 9.47 Å². The number of halogens is 4. The maximum absolute atomic E-state index is 14.0. The van der Waals surface area contributed by atoms with Gasteiger partial charge in [-0.2, -0.15) is 0 Å². The number of ketones is 1. The molecule has 5 nitrogen and oxygen atoms in total. The molecule has 0 saturated heterocycles. The summed E-state index contributed by atoms with van der Waals surface area (Å²) in [4.78, 5) is 35.8. The first-order chi connectivity index (χ1) is 10.8. The Morgan fingerprint density at radius 2 is 1.52 bits per heavy atom. The number of benzene rings is 1. The van der Waals surface area contributed by atoms with E-state index in [-0.39, 0.29) is 19.3 Å². The molecule has 0 fully saturated rings. The van der Waals surface area contributed by atoms with Crippen molar-refractivity contribution in [1.82, 2.24) is 0 Å². The molecule has 0 aliphatic carbocycles. The minimum Gasteiger partial charge on any atom is -0.465 e. The lowest BCUT2D eigenvalue weighted by atomic mass is 9.97. The molecule has 0 spiro atoms. The average molecular weight is 397 g/mol. The Labute approximate surface area is 137 Å². The van der Waals surface area contributed by atoms with Crippen LogP contribution < -0.4 is 0 Å². The van der Waals surface area contributed by atoms with Crippen LogP contribution in [0.5, 0.6) is 0 Å². The molecular weight excluding hydrogens is 385 g/mol. The monoisotopic (exact) mass is 396 g/mol. The quantitative estimate of drug-likeness (QED) is 0.243. The summed E-state index contributed by atoms with van der Waals surface area (Å²) in [5, 5.41) is 0. The molecule has 0 bridgehead atoms. The van der Waals surface area contributed by atoms with Crippen LogP contribution in [0.4, 0.5) is 13.2 Å². The molecule has 0 aliphatic heterocycles. The predicted octanol–water partition coefficient (Wildman–Crippen LogP) is 2.79. The number of rotatable bonds is 6. The van der Waals surface area contributed by atoms with Crippen LogP contribution in [-0.2, 0) is 19.1 Å². The van der Waals surface area contributed by atoms with Crippen LogP contribution in [0.3, 0.4) is 0 Å². The molecule has 0 radical (unpaired) electrons. The molecule has 0 N–H and O–H groups in total. The van der Waals surface area contributed by atoms with Crippen molar-refractivity contribution >= 4 is 33.7 Å². The van der Waals surface area contributed by atoms with Crippen LogP contribution in [0.25, 0.3) is 0 Å². The fourth-order valence-electron chi connectivity index (χ4n) is 1.67. The number of carbonyl (C=O) groups excluding carboxylic acids is 3. The van der Waals surface area contributed by atoms with Crippen LogP contribution in [-0.4, -0.2) is 30.9 Å². The molecule has 0 saturated carbocycles. The molecule has 0 unspecified atom stereocenters. The zero-order valence-electron chi connectivity index (χ0n) is 12.1. The molecule has 1 rings (SSSR count). The number of ether oxygens (including phenoxy) is 2. The first-order valence-electron chi connectivity index (χ1n) is 6.46. The van der Waals surface area contributed by atoms with E-state index < -0.39 is 51.1 Å². The van der Waals surface area contributed by atoms with Gasteiger partial charge in [-0.15, -0.1) is 0 Å². The van der Waals surface area contributed by atoms with E-state index in [9.17, 15) is 27.6 Å². The Kier molecular flexibility index (Phi) is 6.74. The fourth-order valence-corrected chi connectivity index (χ4v) is 2.07. The Bertz CT molecular complexity index is 630. The smallest absolute Gasteiger partial charge is 0.328 e. The summed E-state index contributed by atoms with van der Waals surface area (Å²) in [6.07, 6.45) is 0. The zero-order valence-corrected chi connectivity index (χ0v) is 13.7.